The van der Waals surface area contributed by atoms with Crippen molar-refractivity contribution in [1.29, 1.82) is 0 Å². The van der Waals surface area contributed by atoms with Gasteiger partial charge in [0.2, 0.25) is 0 Å². The first-order valence-corrected chi connectivity index (χ1v) is 5.62. The van der Waals surface area contributed by atoms with Crippen LogP contribution < -0.4 is 0 Å². The summed E-state index contributed by atoms with van der Waals surface area (Å²) in [6.45, 7) is 0. The first-order valence-electron chi connectivity index (χ1n) is 4.40. The molecule has 88 valence electrons. The van der Waals surface area contributed by atoms with Crippen LogP contribution in [0.5, 0.6) is 0 Å². The number of aromatic nitrogens is 2. The molecule has 0 spiro atoms. The van der Waals surface area contributed by atoms with Gasteiger partial charge in [0.15, 0.2) is 10.9 Å². The Morgan fingerprint density at radius 1 is 1.38 bits per heavy atom. The monoisotopic (exact) mass is 244 g/mol. The molecule has 0 aromatic carbocycles. The zero-order chi connectivity index (χ0) is 12.1. The van der Waals surface area contributed by atoms with Crippen molar-refractivity contribution in [3.05, 3.63) is 11.4 Å². The maximum Gasteiger partial charge on any atom is 0.358 e. The molecule has 0 amide bonds. The molecule has 0 saturated carbocycles. The van der Waals surface area contributed by atoms with Gasteiger partial charge in [0.1, 0.15) is 0 Å². The Labute approximate surface area is 96.7 Å². The standard InChI is InChI=1S/C9H12N2O4S/c1-14-6(12)4-5-7(8(13)15-2)11-9(10-5)16-3/h4H2,1-3H3,(H,10,11). The number of rotatable bonds is 4. The van der Waals surface area contributed by atoms with Gasteiger partial charge in [0.25, 0.3) is 0 Å². The van der Waals surface area contributed by atoms with Crippen LogP contribution in [0.15, 0.2) is 5.16 Å². The normalized spacial score (nSPS) is 9.94. The number of ether oxygens (including phenoxy) is 2. The van der Waals surface area contributed by atoms with Crippen molar-refractivity contribution in [3.63, 3.8) is 0 Å². The summed E-state index contributed by atoms with van der Waals surface area (Å²) in [5.41, 5.74) is 0.528. The van der Waals surface area contributed by atoms with Crippen LogP contribution in [0.25, 0.3) is 0 Å². The third-order valence-corrected chi connectivity index (χ3v) is 2.46. The Morgan fingerprint density at radius 3 is 2.56 bits per heavy atom. The molecule has 6 nitrogen and oxygen atoms in total. The quantitative estimate of drug-likeness (QED) is 0.618. The van der Waals surface area contributed by atoms with Gasteiger partial charge in [-0.05, 0) is 6.26 Å². The van der Waals surface area contributed by atoms with E-state index in [9.17, 15) is 9.59 Å². The topological polar surface area (TPSA) is 81.3 Å². The minimum atomic E-state index is -0.574. The molecule has 0 bridgehead atoms. The zero-order valence-corrected chi connectivity index (χ0v) is 10.0. The van der Waals surface area contributed by atoms with Crippen LogP contribution in [0.3, 0.4) is 0 Å². The number of imidazole rings is 1. The fourth-order valence-electron chi connectivity index (χ4n) is 1.09. The maximum atomic E-state index is 11.4. The molecular weight excluding hydrogens is 232 g/mol. The third kappa shape index (κ3) is 2.75. The number of hydrogen-bond donors (Lipinski definition) is 1. The van der Waals surface area contributed by atoms with Gasteiger partial charge in [-0.15, -0.1) is 0 Å². The molecule has 0 radical (unpaired) electrons. The van der Waals surface area contributed by atoms with E-state index in [1.54, 1.807) is 0 Å². The number of methoxy groups -OCH3 is 2. The summed E-state index contributed by atoms with van der Waals surface area (Å²) in [6, 6.07) is 0. The lowest BCUT2D eigenvalue weighted by Gasteiger charge is -1.99. The summed E-state index contributed by atoms with van der Waals surface area (Å²) in [6.07, 6.45) is 1.77. The Hall–Kier alpha value is -1.50. The van der Waals surface area contributed by atoms with Gasteiger partial charge in [-0.25, -0.2) is 9.78 Å². The van der Waals surface area contributed by atoms with Crippen molar-refractivity contribution in [2.75, 3.05) is 20.5 Å². The average Bonchev–Trinajstić information content (AvgIpc) is 2.71. The molecule has 1 N–H and O–H groups in total. The summed E-state index contributed by atoms with van der Waals surface area (Å²) in [5, 5.41) is 0.555. The highest BCUT2D eigenvalue weighted by atomic mass is 32.2. The molecule has 0 aliphatic carbocycles. The largest absolute Gasteiger partial charge is 0.469 e. The molecule has 7 heteroatoms. The van der Waals surface area contributed by atoms with Crippen LogP contribution in [-0.4, -0.2) is 42.4 Å². The third-order valence-electron chi connectivity index (χ3n) is 1.88. The van der Waals surface area contributed by atoms with Gasteiger partial charge in [-0.2, -0.15) is 0 Å². The lowest BCUT2D eigenvalue weighted by atomic mass is 10.2. The fraction of sp³-hybridized carbons (Fsp3) is 0.444. The Morgan fingerprint density at radius 2 is 2.06 bits per heavy atom. The van der Waals surface area contributed by atoms with Crippen molar-refractivity contribution in [1.82, 2.24) is 9.97 Å². The van der Waals surface area contributed by atoms with E-state index in [1.165, 1.54) is 26.0 Å². The minimum Gasteiger partial charge on any atom is -0.469 e. The van der Waals surface area contributed by atoms with Crippen molar-refractivity contribution >= 4 is 23.7 Å². The van der Waals surface area contributed by atoms with E-state index in [2.05, 4.69) is 19.4 Å². The van der Waals surface area contributed by atoms with Crippen LogP contribution in [0.2, 0.25) is 0 Å². The maximum absolute atomic E-state index is 11.4. The first kappa shape index (κ1) is 12.6. The lowest BCUT2D eigenvalue weighted by Crippen LogP contribution is -2.11. The molecule has 0 unspecified atom stereocenters. The highest BCUT2D eigenvalue weighted by molar-refractivity contribution is 7.98. The fourth-order valence-corrected chi connectivity index (χ4v) is 1.50. The van der Waals surface area contributed by atoms with E-state index >= 15 is 0 Å². The molecule has 0 atom stereocenters. The van der Waals surface area contributed by atoms with Crippen LogP contribution in [-0.2, 0) is 20.7 Å². The number of hydrogen-bond acceptors (Lipinski definition) is 6. The predicted octanol–water partition coefficient (Wildman–Crippen LogP) is 0.634. The molecule has 0 aliphatic heterocycles. The second-order valence-corrected chi connectivity index (χ2v) is 3.61. The van der Waals surface area contributed by atoms with Crippen molar-refractivity contribution in [3.8, 4) is 0 Å². The summed E-state index contributed by atoms with van der Waals surface area (Å²) in [4.78, 5) is 29.4. The van der Waals surface area contributed by atoms with E-state index in [-0.39, 0.29) is 12.1 Å². The molecular formula is C9H12N2O4S. The molecule has 0 aliphatic rings. The molecule has 0 fully saturated rings. The van der Waals surface area contributed by atoms with Gasteiger partial charge in [-0.1, -0.05) is 11.8 Å². The Balaban J connectivity index is 3.00. The predicted molar refractivity (Wildman–Crippen MR) is 57.4 cm³/mol. The van der Waals surface area contributed by atoms with Crippen LogP contribution in [0.4, 0.5) is 0 Å². The molecule has 1 heterocycles. The number of esters is 2. The SMILES string of the molecule is COC(=O)Cc1[nH]c(SC)nc1C(=O)OC. The number of nitrogens with zero attached hydrogens (tertiary/aromatic N) is 1. The van der Waals surface area contributed by atoms with E-state index in [0.717, 1.165) is 0 Å². The van der Waals surface area contributed by atoms with Crippen LogP contribution in [0.1, 0.15) is 16.2 Å². The lowest BCUT2D eigenvalue weighted by molar-refractivity contribution is -0.139. The highest BCUT2D eigenvalue weighted by Crippen LogP contribution is 2.15. The van der Waals surface area contributed by atoms with Crippen LogP contribution in [0, 0.1) is 0 Å². The molecule has 1 aromatic heterocycles. The van der Waals surface area contributed by atoms with Gasteiger partial charge < -0.3 is 14.5 Å². The summed E-state index contributed by atoms with van der Waals surface area (Å²) < 4.78 is 9.09. The zero-order valence-electron chi connectivity index (χ0n) is 9.20. The number of thioether (sulfide) groups is 1. The number of nitrogens with one attached hydrogen (secondary N) is 1. The van der Waals surface area contributed by atoms with Gasteiger partial charge in [-0.3, -0.25) is 4.79 Å². The number of carbonyl (C=O) groups excluding carboxylic acids is 2. The summed E-state index contributed by atoms with van der Waals surface area (Å²) in [7, 11) is 2.55. The molecule has 1 aromatic rings. The van der Waals surface area contributed by atoms with Gasteiger partial charge >= 0.3 is 11.9 Å². The van der Waals surface area contributed by atoms with Gasteiger partial charge in [0.05, 0.1) is 26.3 Å². The van der Waals surface area contributed by atoms with Gasteiger partial charge in [0, 0.05) is 0 Å². The highest BCUT2D eigenvalue weighted by Gasteiger charge is 2.20. The second-order valence-electron chi connectivity index (χ2n) is 2.82. The van der Waals surface area contributed by atoms with E-state index in [0.29, 0.717) is 10.9 Å². The van der Waals surface area contributed by atoms with E-state index in [1.807, 2.05) is 6.26 Å². The first-order chi connectivity index (χ1) is 7.62. The molecule has 1 rings (SSSR count). The van der Waals surface area contributed by atoms with Crippen LogP contribution >= 0.6 is 11.8 Å². The molecule has 0 saturated heterocycles. The summed E-state index contributed by atoms with van der Waals surface area (Å²) in [5.74, 6) is -1.02. The van der Waals surface area contributed by atoms with E-state index < -0.39 is 11.9 Å². The molecule has 16 heavy (non-hydrogen) atoms. The number of aromatic amines is 1. The second kappa shape index (κ2) is 5.55. The van der Waals surface area contributed by atoms with Crippen molar-refractivity contribution < 1.29 is 19.1 Å². The Kier molecular flexibility index (Phi) is 4.36. The minimum absolute atomic E-state index is 0.0332. The number of carbonyl (C=O) groups is 2. The Bertz CT molecular complexity index is 402. The van der Waals surface area contributed by atoms with Crippen molar-refractivity contribution in [2.24, 2.45) is 0 Å². The van der Waals surface area contributed by atoms with Crippen molar-refractivity contribution in [2.45, 2.75) is 11.6 Å². The smallest absolute Gasteiger partial charge is 0.358 e. The van der Waals surface area contributed by atoms with E-state index in [4.69, 9.17) is 0 Å². The number of H-pyrrole nitrogens is 1. The average molecular weight is 244 g/mol. The summed E-state index contributed by atoms with van der Waals surface area (Å²) >= 11 is 1.34.